The number of nitrogens with zero attached hydrogens (tertiary/aromatic N) is 2. The molecular formula is C17H22N2O3. The predicted molar refractivity (Wildman–Crippen MR) is 86.4 cm³/mol. The largest absolute Gasteiger partial charge is 0.462 e. The number of carbonyl (C=O) groups is 1. The Morgan fingerprint density at radius 2 is 2.18 bits per heavy atom. The minimum absolute atomic E-state index is 0.0135. The van der Waals surface area contributed by atoms with E-state index in [-0.39, 0.29) is 18.8 Å². The summed E-state index contributed by atoms with van der Waals surface area (Å²) in [6.45, 7) is 7.33. The Kier molecular flexibility index (Phi) is 7.14. The van der Waals surface area contributed by atoms with Gasteiger partial charge in [-0.2, -0.15) is 5.26 Å². The van der Waals surface area contributed by atoms with Crippen molar-refractivity contribution in [1.82, 2.24) is 0 Å². The molecule has 0 saturated carbocycles. The number of benzene rings is 1. The topological polar surface area (TPSA) is 73.6 Å². The number of ether oxygens (including phenoxy) is 1. The van der Waals surface area contributed by atoms with Gasteiger partial charge >= 0.3 is 5.97 Å². The zero-order valence-electron chi connectivity index (χ0n) is 13.3. The third-order valence-corrected chi connectivity index (χ3v) is 3.29. The van der Waals surface area contributed by atoms with Crippen LogP contribution in [0, 0.1) is 18.3 Å². The third-order valence-electron chi connectivity index (χ3n) is 3.29. The fourth-order valence-corrected chi connectivity index (χ4v) is 2.11. The van der Waals surface area contributed by atoms with Gasteiger partial charge in [-0.1, -0.05) is 6.07 Å². The molecule has 1 aromatic rings. The lowest BCUT2D eigenvalue weighted by atomic mass is 10.0. The van der Waals surface area contributed by atoms with Crippen molar-refractivity contribution < 1.29 is 14.6 Å². The molecule has 1 N–H and O–H groups in total. The SMILES string of the molecule is CCOC(=O)/C(C#N)=C\c1ccc(N(CC)CCO)cc1C. The van der Waals surface area contributed by atoms with Crippen LogP contribution in [0.1, 0.15) is 25.0 Å². The molecule has 5 nitrogen and oxygen atoms in total. The molecule has 22 heavy (non-hydrogen) atoms. The van der Waals surface area contributed by atoms with Crippen LogP contribution in [0.2, 0.25) is 0 Å². The molecule has 1 rings (SSSR count). The molecule has 0 aromatic heterocycles. The molecule has 0 amide bonds. The summed E-state index contributed by atoms with van der Waals surface area (Å²) in [5, 5.41) is 18.1. The van der Waals surface area contributed by atoms with Crippen LogP contribution in [0.15, 0.2) is 23.8 Å². The molecule has 0 aliphatic heterocycles. The zero-order chi connectivity index (χ0) is 16.5. The average Bonchev–Trinajstić information content (AvgIpc) is 2.51. The van der Waals surface area contributed by atoms with E-state index in [0.717, 1.165) is 23.4 Å². The van der Waals surface area contributed by atoms with Crippen molar-refractivity contribution in [3.05, 3.63) is 34.9 Å². The third kappa shape index (κ3) is 4.61. The summed E-state index contributed by atoms with van der Waals surface area (Å²) >= 11 is 0. The molecule has 0 aliphatic rings. The van der Waals surface area contributed by atoms with Crippen molar-refractivity contribution in [2.45, 2.75) is 20.8 Å². The van der Waals surface area contributed by atoms with E-state index in [0.29, 0.717) is 6.54 Å². The first-order valence-corrected chi connectivity index (χ1v) is 7.32. The molecule has 0 aliphatic carbocycles. The summed E-state index contributed by atoms with van der Waals surface area (Å²) in [4.78, 5) is 13.7. The van der Waals surface area contributed by atoms with Gasteiger partial charge in [0.1, 0.15) is 11.6 Å². The Morgan fingerprint density at radius 1 is 1.45 bits per heavy atom. The first-order chi connectivity index (χ1) is 10.6. The number of esters is 1. The van der Waals surface area contributed by atoms with Gasteiger partial charge in [0.2, 0.25) is 0 Å². The van der Waals surface area contributed by atoms with Crippen LogP contribution >= 0.6 is 0 Å². The lowest BCUT2D eigenvalue weighted by molar-refractivity contribution is -0.137. The molecule has 0 unspecified atom stereocenters. The van der Waals surface area contributed by atoms with E-state index in [1.165, 1.54) is 0 Å². The molecule has 0 radical (unpaired) electrons. The van der Waals surface area contributed by atoms with Crippen LogP contribution in [0.3, 0.4) is 0 Å². The maximum Gasteiger partial charge on any atom is 0.348 e. The maximum absolute atomic E-state index is 11.6. The van der Waals surface area contributed by atoms with E-state index in [1.807, 2.05) is 38.1 Å². The molecular weight excluding hydrogens is 280 g/mol. The fraction of sp³-hybridized carbons (Fsp3) is 0.412. The van der Waals surface area contributed by atoms with Crippen LogP contribution in [0.5, 0.6) is 0 Å². The summed E-state index contributed by atoms with van der Waals surface area (Å²) in [5.74, 6) is -0.607. The van der Waals surface area contributed by atoms with Crippen LogP contribution in [-0.4, -0.2) is 37.4 Å². The monoisotopic (exact) mass is 302 g/mol. The van der Waals surface area contributed by atoms with Crippen LogP contribution in [-0.2, 0) is 9.53 Å². The highest BCUT2D eigenvalue weighted by molar-refractivity contribution is 5.98. The average molecular weight is 302 g/mol. The van der Waals surface area contributed by atoms with Gasteiger partial charge < -0.3 is 14.7 Å². The summed E-state index contributed by atoms with van der Waals surface area (Å²) in [6.07, 6.45) is 1.54. The van der Waals surface area contributed by atoms with Crippen molar-refractivity contribution in [3.63, 3.8) is 0 Å². The van der Waals surface area contributed by atoms with E-state index in [1.54, 1.807) is 13.0 Å². The van der Waals surface area contributed by atoms with Crippen molar-refractivity contribution >= 4 is 17.7 Å². The number of nitriles is 1. The van der Waals surface area contributed by atoms with Crippen molar-refractivity contribution in [1.29, 1.82) is 5.26 Å². The standard InChI is InChI=1S/C17H22N2O3/c1-4-19(8-9-20)16-7-6-14(13(3)10-16)11-15(12-18)17(21)22-5-2/h6-7,10-11,20H,4-5,8-9H2,1-3H3/b15-11-. The van der Waals surface area contributed by atoms with Gasteiger partial charge in [-0.3, -0.25) is 0 Å². The number of rotatable bonds is 7. The van der Waals surface area contributed by atoms with E-state index < -0.39 is 5.97 Å². The highest BCUT2D eigenvalue weighted by Gasteiger charge is 2.11. The molecule has 0 saturated heterocycles. The van der Waals surface area contributed by atoms with Gasteiger partial charge in [0.25, 0.3) is 0 Å². The van der Waals surface area contributed by atoms with E-state index >= 15 is 0 Å². The first kappa shape index (κ1) is 17.7. The molecule has 0 bridgehead atoms. The number of aliphatic hydroxyl groups is 1. The lowest BCUT2D eigenvalue weighted by Gasteiger charge is -2.22. The number of likely N-dealkylation sites (N-methyl/N-ethyl adjacent to an activating group) is 1. The maximum atomic E-state index is 11.6. The van der Waals surface area contributed by atoms with Gasteiger partial charge in [-0.25, -0.2) is 4.79 Å². The molecule has 0 heterocycles. The van der Waals surface area contributed by atoms with Crippen molar-refractivity contribution in [2.24, 2.45) is 0 Å². The quantitative estimate of drug-likeness (QED) is 0.475. The zero-order valence-corrected chi connectivity index (χ0v) is 13.3. The van der Waals surface area contributed by atoms with Crippen molar-refractivity contribution in [3.8, 4) is 6.07 Å². The molecule has 0 atom stereocenters. The summed E-state index contributed by atoms with van der Waals surface area (Å²) in [6, 6.07) is 7.63. The van der Waals surface area contributed by atoms with Gasteiger partial charge in [-0.15, -0.1) is 0 Å². The highest BCUT2D eigenvalue weighted by Crippen LogP contribution is 2.21. The molecule has 5 heteroatoms. The van der Waals surface area contributed by atoms with Gasteiger partial charge in [-0.05, 0) is 50.1 Å². The van der Waals surface area contributed by atoms with E-state index in [4.69, 9.17) is 15.1 Å². The molecule has 1 aromatic carbocycles. The number of carbonyl (C=O) groups excluding carboxylic acids is 1. The Balaban J connectivity index is 3.08. The van der Waals surface area contributed by atoms with Gasteiger partial charge in [0.15, 0.2) is 0 Å². The normalized spacial score (nSPS) is 11.0. The Morgan fingerprint density at radius 3 is 2.68 bits per heavy atom. The number of hydrogen-bond donors (Lipinski definition) is 1. The second-order valence-electron chi connectivity index (χ2n) is 4.73. The van der Waals surface area contributed by atoms with Crippen molar-refractivity contribution in [2.75, 3.05) is 31.2 Å². The predicted octanol–water partition coefficient (Wildman–Crippen LogP) is 2.28. The minimum Gasteiger partial charge on any atom is -0.462 e. The Bertz CT molecular complexity index is 588. The molecule has 118 valence electrons. The van der Waals surface area contributed by atoms with E-state index in [9.17, 15) is 4.79 Å². The summed E-state index contributed by atoms with van der Waals surface area (Å²) in [7, 11) is 0. The van der Waals surface area contributed by atoms with Crippen LogP contribution in [0.4, 0.5) is 5.69 Å². The number of hydrogen-bond acceptors (Lipinski definition) is 5. The smallest absolute Gasteiger partial charge is 0.348 e. The Labute approximate surface area is 131 Å². The lowest BCUT2D eigenvalue weighted by Crippen LogP contribution is -2.26. The molecule has 0 spiro atoms. The van der Waals surface area contributed by atoms with Gasteiger partial charge in [0, 0.05) is 18.8 Å². The summed E-state index contributed by atoms with van der Waals surface area (Å²) in [5.41, 5.74) is 2.74. The number of aliphatic hydroxyl groups excluding tert-OH is 1. The Hall–Kier alpha value is -2.32. The van der Waals surface area contributed by atoms with Gasteiger partial charge in [0.05, 0.1) is 13.2 Å². The number of aryl methyl sites for hydroxylation is 1. The van der Waals surface area contributed by atoms with Crippen LogP contribution in [0.25, 0.3) is 6.08 Å². The first-order valence-electron chi connectivity index (χ1n) is 7.32. The second-order valence-corrected chi connectivity index (χ2v) is 4.73. The number of anilines is 1. The van der Waals surface area contributed by atoms with E-state index in [2.05, 4.69) is 4.90 Å². The molecule has 0 fully saturated rings. The van der Waals surface area contributed by atoms with Crippen LogP contribution < -0.4 is 4.90 Å². The highest BCUT2D eigenvalue weighted by atomic mass is 16.5. The second kappa shape index (κ2) is 8.85. The fourth-order valence-electron chi connectivity index (χ4n) is 2.11. The summed E-state index contributed by atoms with van der Waals surface area (Å²) < 4.78 is 4.85. The minimum atomic E-state index is -0.607.